The number of ether oxygens (including phenoxy) is 3. The van der Waals surface area contributed by atoms with Gasteiger partial charge >= 0.3 is 0 Å². The third kappa shape index (κ3) is 4.97. The van der Waals surface area contributed by atoms with Crippen molar-refractivity contribution in [2.24, 2.45) is 0 Å². The molecule has 146 valence electrons. The SMILES string of the molecule is CC(C)S(=O)(=O)N[C@H]1COCC[C@@H]1c1ccc(OC2CCCCO2)cc1. The average Bonchev–Trinajstić information content (AvgIpc) is 2.63. The number of benzene rings is 1. The summed E-state index contributed by atoms with van der Waals surface area (Å²) in [6.07, 6.45) is 3.76. The van der Waals surface area contributed by atoms with E-state index in [4.69, 9.17) is 14.2 Å². The van der Waals surface area contributed by atoms with Crippen LogP contribution in [0.3, 0.4) is 0 Å². The molecular weight excluding hydrogens is 354 g/mol. The maximum Gasteiger partial charge on any atom is 0.214 e. The summed E-state index contributed by atoms with van der Waals surface area (Å²) in [7, 11) is -3.34. The molecule has 0 aromatic heterocycles. The predicted octanol–water partition coefficient (Wildman–Crippen LogP) is 2.79. The quantitative estimate of drug-likeness (QED) is 0.818. The van der Waals surface area contributed by atoms with Crippen molar-refractivity contribution in [3.8, 4) is 5.75 Å². The molecule has 0 aliphatic carbocycles. The Kier molecular flexibility index (Phi) is 6.55. The Labute approximate surface area is 156 Å². The number of sulfonamides is 1. The summed E-state index contributed by atoms with van der Waals surface area (Å²) in [5.74, 6) is 0.879. The Morgan fingerprint density at radius 3 is 2.54 bits per heavy atom. The van der Waals surface area contributed by atoms with Crippen molar-refractivity contribution < 1.29 is 22.6 Å². The summed E-state index contributed by atoms with van der Waals surface area (Å²) >= 11 is 0. The minimum atomic E-state index is -3.34. The molecule has 2 fully saturated rings. The van der Waals surface area contributed by atoms with Crippen LogP contribution >= 0.6 is 0 Å². The van der Waals surface area contributed by atoms with Crippen molar-refractivity contribution in [3.05, 3.63) is 29.8 Å². The van der Waals surface area contributed by atoms with Gasteiger partial charge in [0.25, 0.3) is 0 Å². The Balaban J connectivity index is 1.67. The first kappa shape index (κ1) is 19.6. The lowest BCUT2D eigenvalue weighted by molar-refractivity contribution is -0.105. The molecule has 0 radical (unpaired) electrons. The van der Waals surface area contributed by atoms with Crippen molar-refractivity contribution in [2.45, 2.75) is 63.0 Å². The summed E-state index contributed by atoms with van der Waals surface area (Å²) in [6.45, 7) is 5.15. The van der Waals surface area contributed by atoms with E-state index in [0.717, 1.165) is 43.6 Å². The molecule has 2 aliphatic heterocycles. The maximum atomic E-state index is 12.3. The van der Waals surface area contributed by atoms with Crippen LogP contribution in [0, 0.1) is 0 Å². The third-order valence-electron chi connectivity index (χ3n) is 5.01. The van der Waals surface area contributed by atoms with Crippen molar-refractivity contribution in [2.75, 3.05) is 19.8 Å². The van der Waals surface area contributed by atoms with Gasteiger partial charge in [-0.25, -0.2) is 13.1 Å². The molecule has 0 spiro atoms. The second kappa shape index (κ2) is 8.69. The smallest absolute Gasteiger partial charge is 0.214 e. The largest absolute Gasteiger partial charge is 0.465 e. The molecule has 2 aliphatic rings. The molecule has 1 N–H and O–H groups in total. The van der Waals surface area contributed by atoms with Gasteiger partial charge in [-0.3, -0.25) is 0 Å². The number of hydrogen-bond acceptors (Lipinski definition) is 5. The van der Waals surface area contributed by atoms with Gasteiger partial charge < -0.3 is 14.2 Å². The van der Waals surface area contributed by atoms with Gasteiger partial charge in [0, 0.05) is 18.9 Å². The first-order valence-electron chi connectivity index (χ1n) is 9.43. The van der Waals surface area contributed by atoms with Crippen molar-refractivity contribution in [3.63, 3.8) is 0 Å². The van der Waals surface area contributed by atoms with Gasteiger partial charge in [0.05, 0.1) is 24.5 Å². The standard InChI is InChI=1S/C19H29NO5S/c1-14(2)26(21,22)20-18-13-23-12-10-17(18)15-6-8-16(9-7-15)25-19-5-3-4-11-24-19/h6-9,14,17-20H,3-5,10-13H2,1-2H3/t17-,18+,19?/m1/s1. The molecule has 0 bridgehead atoms. The van der Waals surface area contributed by atoms with Gasteiger partial charge in [-0.2, -0.15) is 0 Å². The van der Waals surface area contributed by atoms with Crippen LogP contribution in [-0.4, -0.2) is 45.8 Å². The first-order chi connectivity index (χ1) is 12.5. The summed E-state index contributed by atoms with van der Waals surface area (Å²) in [4.78, 5) is 0. The van der Waals surface area contributed by atoms with Crippen LogP contribution in [0.1, 0.15) is 51.0 Å². The summed E-state index contributed by atoms with van der Waals surface area (Å²) < 4.78 is 44.3. The Hall–Kier alpha value is -1.15. The second-order valence-electron chi connectivity index (χ2n) is 7.27. The molecule has 3 atom stereocenters. The minimum absolute atomic E-state index is 0.0947. The van der Waals surface area contributed by atoms with Crippen LogP contribution in [0.15, 0.2) is 24.3 Å². The predicted molar refractivity (Wildman–Crippen MR) is 99.8 cm³/mol. The van der Waals surface area contributed by atoms with E-state index in [0.29, 0.717) is 13.2 Å². The Morgan fingerprint density at radius 2 is 1.88 bits per heavy atom. The molecule has 1 aromatic carbocycles. The van der Waals surface area contributed by atoms with Gasteiger partial charge in [0.2, 0.25) is 10.0 Å². The van der Waals surface area contributed by atoms with E-state index >= 15 is 0 Å². The molecule has 2 saturated heterocycles. The highest BCUT2D eigenvalue weighted by molar-refractivity contribution is 7.90. The van der Waals surface area contributed by atoms with E-state index in [1.165, 1.54) is 0 Å². The average molecular weight is 384 g/mol. The Bertz CT molecular complexity index is 668. The zero-order chi connectivity index (χ0) is 18.6. The van der Waals surface area contributed by atoms with Crippen LogP contribution in [0.25, 0.3) is 0 Å². The van der Waals surface area contributed by atoms with Gasteiger partial charge in [-0.1, -0.05) is 12.1 Å². The van der Waals surface area contributed by atoms with Crippen LogP contribution in [-0.2, 0) is 19.5 Å². The van der Waals surface area contributed by atoms with Gasteiger partial charge in [0.15, 0.2) is 6.29 Å². The molecule has 0 saturated carbocycles. The van der Waals surface area contributed by atoms with Gasteiger partial charge in [-0.15, -0.1) is 0 Å². The lowest BCUT2D eigenvalue weighted by Gasteiger charge is -2.33. The molecule has 26 heavy (non-hydrogen) atoms. The van der Waals surface area contributed by atoms with Crippen LogP contribution in [0.5, 0.6) is 5.75 Å². The fraction of sp³-hybridized carbons (Fsp3) is 0.684. The molecule has 6 nitrogen and oxygen atoms in total. The second-order valence-corrected chi connectivity index (χ2v) is 9.54. The minimum Gasteiger partial charge on any atom is -0.465 e. The highest BCUT2D eigenvalue weighted by Gasteiger charge is 2.31. The topological polar surface area (TPSA) is 73.9 Å². The van der Waals surface area contributed by atoms with E-state index in [-0.39, 0.29) is 18.2 Å². The first-order valence-corrected chi connectivity index (χ1v) is 11.0. The van der Waals surface area contributed by atoms with E-state index in [1.54, 1.807) is 13.8 Å². The fourth-order valence-corrected chi connectivity index (χ4v) is 4.28. The normalized spacial score (nSPS) is 27.4. The van der Waals surface area contributed by atoms with Gasteiger partial charge in [-0.05, 0) is 50.8 Å². The van der Waals surface area contributed by atoms with E-state index < -0.39 is 15.3 Å². The van der Waals surface area contributed by atoms with Crippen LogP contribution in [0.2, 0.25) is 0 Å². The highest BCUT2D eigenvalue weighted by atomic mass is 32.2. The van der Waals surface area contributed by atoms with Crippen LogP contribution in [0.4, 0.5) is 0 Å². The number of rotatable bonds is 6. The summed E-state index contributed by atoms with van der Waals surface area (Å²) in [5.41, 5.74) is 1.10. The van der Waals surface area contributed by atoms with E-state index in [2.05, 4.69) is 4.72 Å². The lowest BCUT2D eigenvalue weighted by Crippen LogP contribution is -2.47. The number of hydrogen-bond donors (Lipinski definition) is 1. The fourth-order valence-electron chi connectivity index (χ4n) is 3.35. The molecular formula is C19H29NO5S. The third-order valence-corrected chi connectivity index (χ3v) is 6.88. The summed E-state index contributed by atoms with van der Waals surface area (Å²) in [6, 6.07) is 7.67. The molecule has 0 amide bonds. The molecule has 1 unspecified atom stereocenters. The maximum absolute atomic E-state index is 12.3. The zero-order valence-corrected chi connectivity index (χ0v) is 16.3. The van der Waals surface area contributed by atoms with Gasteiger partial charge in [0.1, 0.15) is 5.75 Å². The zero-order valence-electron chi connectivity index (χ0n) is 15.5. The van der Waals surface area contributed by atoms with E-state index in [9.17, 15) is 8.42 Å². The van der Waals surface area contributed by atoms with Crippen molar-refractivity contribution in [1.29, 1.82) is 0 Å². The molecule has 7 heteroatoms. The van der Waals surface area contributed by atoms with E-state index in [1.807, 2.05) is 24.3 Å². The number of nitrogens with one attached hydrogen (secondary N) is 1. The molecule has 3 rings (SSSR count). The highest BCUT2D eigenvalue weighted by Crippen LogP contribution is 2.30. The monoisotopic (exact) mass is 383 g/mol. The molecule has 1 aromatic rings. The Morgan fingerprint density at radius 1 is 1.12 bits per heavy atom. The molecule has 2 heterocycles. The van der Waals surface area contributed by atoms with Crippen molar-refractivity contribution >= 4 is 10.0 Å². The van der Waals surface area contributed by atoms with Crippen molar-refractivity contribution in [1.82, 2.24) is 4.72 Å². The van der Waals surface area contributed by atoms with Crippen LogP contribution < -0.4 is 9.46 Å². The summed E-state index contributed by atoms with van der Waals surface area (Å²) in [5, 5.41) is -0.462. The lowest BCUT2D eigenvalue weighted by atomic mass is 9.88.